The second kappa shape index (κ2) is 9.46. The molecule has 3 aromatic rings. The fourth-order valence-electron chi connectivity index (χ4n) is 3.57. The van der Waals surface area contributed by atoms with E-state index in [2.05, 4.69) is 31.0 Å². The van der Waals surface area contributed by atoms with Crippen molar-refractivity contribution >= 4 is 37.5 Å². The predicted molar refractivity (Wildman–Crippen MR) is 126 cm³/mol. The minimum Gasteiger partial charge on any atom is -0.316 e. The molecule has 0 saturated carbocycles. The Bertz CT molecular complexity index is 1270. The maximum Gasteiger partial charge on any atom is 0.279 e. The van der Waals surface area contributed by atoms with Gasteiger partial charge in [0.1, 0.15) is 0 Å². The third kappa shape index (κ3) is 4.81. The van der Waals surface area contributed by atoms with Crippen LogP contribution >= 0.6 is 11.3 Å². The van der Waals surface area contributed by atoms with Gasteiger partial charge in [0.05, 0.1) is 15.1 Å². The molecule has 0 aliphatic heterocycles. The summed E-state index contributed by atoms with van der Waals surface area (Å²) in [4.78, 5) is 18.0. The van der Waals surface area contributed by atoms with Crippen LogP contribution in [0.1, 0.15) is 48.2 Å². The molecule has 0 spiro atoms. The molecule has 1 amide bonds. The van der Waals surface area contributed by atoms with E-state index >= 15 is 0 Å². The van der Waals surface area contributed by atoms with Gasteiger partial charge in [-0.05, 0) is 68.7 Å². The second-order valence-corrected chi connectivity index (χ2v) is 10.7. The molecule has 0 N–H and O–H groups in total. The predicted octanol–water partition coefficient (Wildman–Crippen LogP) is 4.50. The number of carbonyl (C=O) groups is 1. The molecule has 1 heterocycles. The highest BCUT2D eigenvalue weighted by molar-refractivity contribution is 7.89. The topological polar surface area (TPSA) is 71.7 Å². The number of rotatable bonds is 7. The molecule has 0 unspecified atom stereocenters. The Hall–Kier alpha value is -2.29. The maximum atomic E-state index is 12.8. The highest BCUT2D eigenvalue weighted by Crippen LogP contribution is 2.23. The van der Waals surface area contributed by atoms with Gasteiger partial charge in [-0.2, -0.15) is 4.99 Å². The molecule has 1 aromatic heterocycles. The van der Waals surface area contributed by atoms with Crippen molar-refractivity contribution in [2.24, 2.45) is 4.99 Å². The first kappa shape index (κ1) is 23.4. The van der Waals surface area contributed by atoms with Crippen LogP contribution in [0.25, 0.3) is 10.2 Å². The molecule has 6 nitrogen and oxygen atoms in total. The normalized spacial score (nSPS) is 12.8. The van der Waals surface area contributed by atoms with Crippen molar-refractivity contribution in [3.8, 4) is 0 Å². The van der Waals surface area contributed by atoms with Crippen molar-refractivity contribution in [3.05, 3.63) is 57.9 Å². The average molecular weight is 460 g/mol. The minimum atomic E-state index is -3.56. The van der Waals surface area contributed by atoms with E-state index in [0.717, 1.165) is 28.6 Å². The zero-order valence-corrected chi connectivity index (χ0v) is 20.3. The first-order chi connectivity index (χ1) is 14.7. The average Bonchev–Trinajstić information content (AvgIpc) is 3.08. The number of sulfonamides is 1. The Morgan fingerprint density at radius 2 is 1.81 bits per heavy atom. The summed E-state index contributed by atoms with van der Waals surface area (Å²) in [5.41, 5.74) is 3.79. The number of carbonyl (C=O) groups excluding carboxylic acids is 1. The molecular weight excluding hydrogens is 430 g/mol. The minimum absolute atomic E-state index is 0.180. The lowest BCUT2D eigenvalue weighted by atomic mass is 10.1. The van der Waals surface area contributed by atoms with Crippen molar-refractivity contribution in [3.63, 3.8) is 0 Å². The Labute approximate surface area is 187 Å². The van der Waals surface area contributed by atoms with E-state index in [1.165, 1.54) is 45.5 Å². The molecule has 31 heavy (non-hydrogen) atoms. The SMILES string of the molecule is CCCCN(C)S(=O)(=O)c1ccc(C(=O)N=c2sc3cc(C)cc(C)c3n2CC)cc1. The van der Waals surface area contributed by atoms with Crippen LogP contribution in [0.2, 0.25) is 0 Å². The number of amides is 1. The monoisotopic (exact) mass is 459 g/mol. The van der Waals surface area contributed by atoms with Crippen molar-refractivity contribution in [2.45, 2.75) is 52.0 Å². The molecule has 0 atom stereocenters. The number of thiazole rings is 1. The van der Waals surface area contributed by atoms with Gasteiger partial charge < -0.3 is 4.57 Å². The van der Waals surface area contributed by atoms with Crippen molar-refractivity contribution in [1.29, 1.82) is 0 Å². The molecule has 0 saturated heterocycles. The van der Waals surface area contributed by atoms with Crippen LogP contribution in [-0.4, -0.2) is 36.8 Å². The van der Waals surface area contributed by atoms with Gasteiger partial charge in [-0.15, -0.1) is 0 Å². The van der Waals surface area contributed by atoms with Gasteiger partial charge in [0.25, 0.3) is 5.91 Å². The van der Waals surface area contributed by atoms with Crippen LogP contribution in [-0.2, 0) is 16.6 Å². The molecule has 2 aromatic carbocycles. The quantitative estimate of drug-likeness (QED) is 0.522. The fraction of sp³-hybridized carbons (Fsp3) is 0.391. The van der Waals surface area contributed by atoms with Gasteiger partial charge in [0, 0.05) is 25.7 Å². The van der Waals surface area contributed by atoms with Gasteiger partial charge in [0.15, 0.2) is 4.80 Å². The number of hydrogen-bond donors (Lipinski definition) is 0. The molecule has 0 radical (unpaired) electrons. The van der Waals surface area contributed by atoms with Crippen molar-refractivity contribution in [1.82, 2.24) is 8.87 Å². The van der Waals surface area contributed by atoms with E-state index in [-0.39, 0.29) is 10.8 Å². The lowest BCUT2D eigenvalue weighted by Gasteiger charge is -2.16. The van der Waals surface area contributed by atoms with Crippen molar-refractivity contribution < 1.29 is 13.2 Å². The molecule has 0 aliphatic rings. The van der Waals surface area contributed by atoms with Gasteiger partial charge in [-0.3, -0.25) is 4.79 Å². The smallest absolute Gasteiger partial charge is 0.279 e. The highest BCUT2D eigenvalue weighted by Gasteiger charge is 2.20. The number of fused-ring (bicyclic) bond motifs is 1. The summed E-state index contributed by atoms with van der Waals surface area (Å²) in [7, 11) is -1.98. The molecular formula is C23H29N3O3S2. The Morgan fingerprint density at radius 3 is 2.42 bits per heavy atom. The lowest BCUT2D eigenvalue weighted by molar-refractivity contribution is 0.0997. The third-order valence-electron chi connectivity index (χ3n) is 5.26. The number of unbranched alkanes of at least 4 members (excludes halogenated alkanes) is 1. The third-order valence-corrected chi connectivity index (χ3v) is 8.16. The number of aromatic nitrogens is 1. The first-order valence-electron chi connectivity index (χ1n) is 10.4. The zero-order valence-electron chi connectivity index (χ0n) is 18.7. The molecule has 0 fully saturated rings. The standard InChI is InChI=1S/C23H29N3O3S2/c1-6-8-13-25(5)31(28,29)19-11-9-18(10-12-19)22(27)24-23-26(7-2)21-17(4)14-16(3)15-20(21)30-23/h9-12,14-15H,6-8,13H2,1-5H3. The Balaban J connectivity index is 1.94. The zero-order chi connectivity index (χ0) is 22.8. The van der Waals surface area contributed by atoms with Crippen LogP contribution in [0.4, 0.5) is 0 Å². The summed E-state index contributed by atoms with van der Waals surface area (Å²) in [6.07, 6.45) is 1.72. The summed E-state index contributed by atoms with van der Waals surface area (Å²) >= 11 is 1.49. The summed E-state index contributed by atoms with van der Waals surface area (Å²) < 4.78 is 29.8. The maximum absolute atomic E-state index is 12.8. The molecule has 8 heteroatoms. The van der Waals surface area contributed by atoms with E-state index in [1.807, 2.05) is 18.4 Å². The summed E-state index contributed by atoms with van der Waals surface area (Å²) in [6, 6.07) is 10.3. The van der Waals surface area contributed by atoms with Crippen molar-refractivity contribution in [2.75, 3.05) is 13.6 Å². The Kier molecular flexibility index (Phi) is 7.13. The van der Waals surface area contributed by atoms with Gasteiger partial charge >= 0.3 is 0 Å². The van der Waals surface area contributed by atoms with Gasteiger partial charge in [-0.1, -0.05) is 30.7 Å². The largest absolute Gasteiger partial charge is 0.316 e. The molecule has 3 rings (SSSR count). The lowest BCUT2D eigenvalue weighted by Crippen LogP contribution is -2.27. The summed E-state index contributed by atoms with van der Waals surface area (Å²) in [5.74, 6) is -0.383. The van der Waals surface area contributed by atoms with E-state index < -0.39 is 10.0 Å². The van der Waals surface area contributed by atoms with Crippen LogP contribution in [0.15, 0.2) is 46.3 Å². The molecule has 0 aliphatic carbocycles. The number of nitrogens with zero attached hydrogens (tertiary/aromatic N) is 3. The van der Waals surface area contributed by atoms with E-state index in [0.29, 0.717) is 23.5 Å². The number of benzene rings is 2. The van der Waals surface area contributed by atoms with E-state index in [1.54, 1.807) is 7.05 Å². The van der Waals surface area contributed by atoms with Crippen LogP contribution in [0.5, 0.6) is 0 Å². The number of aryl methyl sites for hydroxylation is 3. The number of hydrogen-bond acceptors (Lipinski definition) is 4. The summed E-state index contributed by atoms with van der Waals surface area (Å²) in [5, 5.41) is 0. The first-order valence-corrected chi connectivity index (χ1v) is 12.7. The van der Waals surface area contributed by atoms with Gasteiger partial charge in [-0.25, -0.2) is 12.7 Å². The van der Waals surface area contributed by atoms with Gasteiger partial charge in [0.2, 0.25) is 10.0 Å². The Morgan fingerprint density at radius 1 is 1.13 bits per heavy atom. The molecule has 166 valence electrons. The highest BCUT2D eigenvalue weighted by atomic mass is 32.2. The van der Waals surface area contributed by atoms with Crippen LogP contribution < -0.4 is 4.80 Å². The second-order valence-electron chi connectivity index (χ2n) is 7.68. The van der Waals surface area contributed by atoms with E-state index in [4.69, 9.17) is 0 Å². The van der Waals surface area contributed by atoms with Crippen LogP contribution in [0, 0.1) is 13.8 Å². The fourth-order valence-corrected chi connectivity index (χ4v) is 6.05. The molecule has 0 bridgehead atoms. The van der Waals surface area contributed by atoms with E-state index in [9.17, 15) is 13.2 Å². The van der Waals surface area contributed by atoms with Crippen LogP contribution in [0.3, 0.4) is 0 Å². The summed E-state index contributed by atoms with van der Waals surface area (Å²) in [6.45, 7) is 9.35.